The van der Waals surface area contributed by atoms with Crippen molar-refractivity contribution in [2.75, 3.05) is 22.1 Å². The minimum absolute atomic E-state index is 0.00200. The van der Waals surface area contributed by atoms with Crippen LogP contribution in [-0.4, -0.2) is 35.9 Å². The van der Waals surface area contributed by atoms with Crippen LogP contribution in [0.2, 0.25) is 5.02 Å². The first-order valence-electron chi connectivity index (χ1n) is 7.35. The molecule has 2 heterocycles. The maximum Gasteiger partial charge on any atom is 0.229 e. The zero-order valence-electron chi connectivity index (χ0n) is 12.9. The highest BCUT2D eigenvalue weighted by Crippen LogP contribution is 2.23. The number of halogens is 2. The fourth-order valence-electron chi connectivity index (χ4n) is 2.52. The number of rotatable bonds is 4. The first-order valence-corrected chi connectivity index (χ1v) is 9.55. The van der Waals surface area contributed by atoms with Crippen molar-refractivity contribution in [2.24, 2.45) is 0 Å². The van der Waals surface area contributed by atoms with E-state index in [1.54, 1.807) is 13.0 Å². The van der Waals surface area contributed by atoms with E-state index < -0.39 is 15.7 Å². The van der Waals surface area contributed by atoms with E-state index in [0.29, 0.717) is 29.6 Å². The number of aryl methyl sites for hydroxylation is 1. The number of nitrogens with zero attached hydrogens (tertiary/aromatic N) is 2. The van der Waals surface area contributed by atoms with Gasteiger partial charge in [-0.15, -0.1) is 0 Å². The molecule has 2 aromatic rings. The van der Waals surface area contributed by atoms with Crippen molar-refractivity contribution in [1.82, 2.24) is 9.97 Å². The summed E-state index contributed by atoms with van der Waals surface area (Å²) in [5, 5.41) is 6.09. The third-order valence-corrected chi connectivity index (χ3v) is 5.67. The third-order valence-electron chi connectivity index (χ3n) is 3.61. The molecule has 0 spiro atoms. The van der Waals surface area contributed by atoms with Gasteiger partial charge in [0.25, 0.3) is 0 Å². The van der Waals surface area contributed by atoms with E-state index in [4.69, 9.17) is 11.6 Å². The van der Waals surface area contributed by atoms with E-state index in [0.717, 1.165) is 0 Å². The van der Waals surface area contributed by atoms with Crippen LogP contribution in [0.5, 0.6) is 0 Å². The number of benzene rings is 1. The van der Waals surface area contributed by atoms with Crippen LogP contribution in [0.1, 0.15) is 12.1 Å². The Hall–Kier alpha value is -1.93. The van der Waals surface area contributed by atoms with E-state index in [9.17, 15) is 12.8 Å². The van der Waals surface area contributed by atoms with Crippen molar-refractivity contribution >= 4 is 38.9 Å². The lowest BCUT2D eigenvalue weighted by atomic mass is 10.2. The summed E-state index contributed by atoms with van der Waals surface area (Å²) in [6, 6.07) is 5.82. The number of hydrogen-bond acceptors (Lipinski definition) is 6. The molecule has 2 N–H and O–H groups in total. The highest BCUT2D eigenvalue weighted by atomic mass is 35.5. The quantitative estimate of drug-likeness (QED) is 0.860. The Morgan fingerprint density at radius 1 is 1.29 bits per heavy atom. The van der Waals surface area contributed by atoms with Crippen LogP contribution >= 0.6 is 11.6 Å². The first-order chi connectivity index (χ1) is 11.3. The van der Waals surface area contributed by atoms with E-state index in [1.165, 1.54) is 18.2 Å². The standard InChI is InChI=1S/C15H16ClFN4O2S/c1-9-6-14(19-11-4-5-24(22,23)8-11)21-15(18-9)20-10-2-3-13(17)12(16)7-10/h2-3,6-7,11H,4-5,8H2,1H3,(H2,18,19,20,21). The Morgan fingerprint density at radius 3 is 2.75 bits per heavy atom. The molecule has 1 aromatic carbocycles. The monoisotopic (exact) mass is 370 g/mol. The van der Waals surface area contributed by atoms with E-state index >= 15 is 0 Å². The summed E-state index contributed by atoms with van der Waals surface area (Å²) in [4.78, 5) is 8.59. The average molecular weight is 371 g/mol. The maximum absolute atomic E-state index is 13.2. The van der Waals surface area contributed by atoms with Gasteiger partial charge in [0.15, 0.2) is 9.84 Å². The second kappa shape index (κ2) is 6.52. The van der Waals surface area contributed by atoms with Crippen LogP contribution in [0, 0.1) is 12.7 Å². The SMILES string of the molecule is Cc1cc(NC2CCS(=O)(=O)C2)nc(Nc2ccc(F)c(Cl)c2)n1. The van der Waals surface area contributed by atoms with Crippen molar-refractivity contribution in [2.45, 2.75) is 19.4 Å². The van der Waals surface area contributed by atoms with Crippen LogP contribution in [0.3, 0.4) is 0 Å². The molecular formula is C15H16ClFN4O2S. The smallest absolute Gasteiger partial charge is 0.229 e. The predicted molar refractivity (Wildman–Crippen MR) is 92.1 cm³/mol. The lowest BCUT2D eigenvalue weighted by molar-refractivity contribution is 0.602. The van der Waals surface area contributed by atoms with Gasteiger partial charge < -0.3 is 10.6 Å². The molecule has 128 valence electrons. The predicted octanol–water partition coefficient (Wildman–Crippen LogP) is 2.92. The Bertz CT molecular complexity index is 876. The molecule has 0 bridgehead atoms. The molecule has 1 aromatic heterocycles. The van der Waals surface area contributed by atoms with Gasteiger partial charge in [0.05, 0.1) is 16.5 Å². The number of aromatic nitrogens is 2. The van der Waals surface area contributed by atoms with Gasteiger partial charge in [-0.25, -0.2) is 17.8 Å². The average Bonchev–Trinajstić information content (AvgIpc) is 2.81. The molecule has 3 rings (SSSR count). The van der Waals surface area contributed by atoms with Gasteiger partial charge in [-0.2, -0.15) is 4.98 Å². The zero-order chi connectivity index (χ0) is 17.3. The zero-order valence-corrected chi connectivity index (χ0v) is 14.5. The van der Waals surface area contributed by atoms with Gasteiger partial charge in [-0.05, 0) is 31.5 Å². The summed E-state index contributed by atoms with van der Waals surface area (Å²) >= 11 is 5.76. The highest BCUT2D eigenvalue weighted by Gasteiger charge is 2.28. The third kappa shape index (κ3) is 4.12. The molecule has 1 saturated heterocycles. The topological polar surface area (TPSA) is 84.0 Å². The molecule has 0 aliphatic carbocycles. The first kappa shape index (κ1) is 16.9. The molecule has 0 radical (unpaired) electrons. The Morgan fingerprint density at radius 2 is 2.08 bits per heavy atom. The highest BCUT2D eigenvalue weighted by molar-refractivity contribution is 7.91. The maximum atomic E-state index is 13.2. The minimum atomic E-state index is -2.96. The van der Waals surface area contributed by atoms with Crippen molar-refractivity contribution < 1.29 is 12.8 Å². The van der Waals surface area contributed by atoms with Gasteiger partial charge >= 0.3 is 0 Å². The Kier molecular flexibility index (Phi) is 4.60. The Balaban J connectivity index is 1.77. The van der Waals surface area contributed by atoms with Crippen molar-refractivity contribution in [1.29, 1.82) is 0 Å². The summed E-state index contributed by atoms with van der Waals surface area (Å²) in [6.07, 6.45) is 0.557. The largest absolute Gasteiger partial charge is 0.366 e. The molecule has 24 heavy (non-hydrogen) atoms. The van der Waals surface area contributed by atoms with Crippen LogP contribution in [-0.2, 0) is 9.84 Å². The minimum Gasteiger partial charge on any atom is -0.366 e. The second-order valence-electron chi connectivity index (χ2n) is 5.72. The van der Waals surface area contributed by atoms with Crippen molar-refractivity contribution in [3.63, 3.8) is 0 Å². The molecular weight excluding hydrogens is 355 g/mol. The van der Waals surface area contributed by atoms with Gasteiger partial charge in [-0.1, -0.05) is 11.6 Å². The van der Waals surface area contributed by atoms with Crippen molar-refractivity contribution in [3.05, 3.63) is 40.8 Å². The summed E-state index contributed by atoms with van der Waals surface area (Å²) in [7, 11) is -2.96. The molecule has 1 fully saturated rings. The lowest BCUT2D eigenvalue weighted by Crippen LogP contribution is -2.21. The molecule has 1 atom stereocenters. The van der Waals surface area contributed by atoms with E-state index in [-0.39, 0.29) is 22.6 Å². The van der Waals surface area contributed by atoms with Gasteiger partial charge in [0.1, 0.15) is 11.6 Å². The number of anilines is 3. The molecule has 6 nitrogen and oxygen atoms in total. The summed E-state index contributed by atoms with van der Waals surface area (Å²) in [5.74, 6) is 0.652. The fourth-order valence-corrected chi connectivity index (χ4v) is 4.37. The van der Waals surface area contributed by atoms with E-state index in [2.05, 4.69) is 20.6 Å². The second-order valence-corrected chi connectivity index (χ2v) is 8.35. The van der Waals surface area contributed by atoms with E-state index in [1.807, 2.05) is 0 Å². The van der Waals surface area contributed by atoms with Crippen LogP contribution in [0.15, 0.2) is 24.3 Å². The summed E-state index contributed by atoms with van der Waals surface area (Å²) in [6.45, 7) is 1.81. The molecule has 1 aliphatic rings. The van der Waals surface area contributed by atoms with Gasteiger partial charge in [-0.3, -0.25) is 0 Å². The van der Waals surface area contributed by atoms with Crippen molar-refractivity contribution in [3.8, 4) is 0 Å². The van der Waals surface area contributed by atoms with Crippen LogP contribution in [0.25, 0.3) is 0 Å². The lowest BCUT2D eigenvalue weighted by Gasteiger charge is -2.13. The summed E-state index contributed by atoms with van der Waals surface area (Å²) < 4.78 is 36.3. The molecule has 0 amide bonds. The fraction of sp³-hybridized carbons (Fsp3) is 0.333. The van der Waals surface area contributed by atoms with Crippen LogP contribution < -0.4 is 10.6 Å². The van der Waals surface area contributed by atoms with Gasteiger partial charge in [0, 0.05) is 23.5 Å². The molecule has 9 heteroatoms. The number of nitrogens with one attached hydrogen (secondary N) is 2. The normalized spacial score (nSPS) is 19.2. The number of sulfone groups is 1. The molecule has 1 aliphatic heterocycles. The summed E-state index contributed by atoms with van der Waals surface area (Å²) in [5.41, 5.74) is 1.27. The van der Waals surface area contributed by atoms with Crippen LogP contribution in [0.4, 0.5) is 21.8 Å². The molecule has 0 saturated carbocycles. The number of hydrogen-bond donors (Lipinski definition) is 2. The molecule has 1 unspecified atom stereocenters. The Labute approximate surface area is 144 Å². The van der Waals surface area contributed by atoms with Gasteiger partial charge in [0.2, 0.25) is 5.95 Å².